The SMILES string of the molecule is CCCCCNC(=O)CCCCCC(=O)NCCCCC. The Morgan fingerprint density at radius 2 is 1.05 bits per heavy atom. The van der Waals surface area contributed by atoms with E-state index in [1.165, 1.54) is 25.7 Å². The first-order valence-corrected chi connectivity index (χ1v) is 8.74. The summed E-state index contributed by atoms with van der Waals surface area (Å²) in [4.78, 5) is 23.0. The Hall–Kier alpha value is -1.06. The predicted octanol–water partition coefficient (Wildman–Crippen LogP) is 3.55. The molecule has 2 N–H and O–H groups in total. The van der Waals surface area contributed by atoms with Gasteiger partial charge < -0.3 is 10.6 Å². The van der Waals surface area contributed by atoms with Crippen molar-refractivity contribution in [3.63, 3.8) is 0 Å². The second kappa shape index (κ2) is 15.3. The number of carbonyl (C=O) groups is 2. The molecule has 0 aliphatic carbocycles. The monoisotopic (exact) mass is 298 g/mol. The maximum absolute atomic E-state index is 11.5. The molecule has 0 aliphatic heterocycles. The van der Waals surface area contributed by atoms with Gasteiger partial charge in [0.1, 0.15) is 0 Å². The highest BCUT2D eigenvalue weighted by Gasteiger charge is 2.02. The Morgan fingerprint density at radius 1 is 0.619 bits per heavy atom. The molecule has 124 valence electrons. The van der Waals surface area contributed by atoms with Crippen LogP contribution in [0.4, 0.5) is 0 Å². The number of carbonyl (C=O) groups excluding carboxylic acids is 2. The second-order valence-electron chi connectivity index (χ2n) is 5.67. The molecule has 4 nitrogen and oxygen atoms in total. The van der Waals surface area contributed by atoms with Gasteiger partial charge in [-0.1, -0.05) is 46.0 Å². The first kappa shape index (κ1) is 19.9. The lowest BCUT2D eigenvalue weighted by Gasteiger charge is -2.06. The standard InChI is InChI=1S/C17H34N2O2/c1-3-5-10-14-18-16(20)12-8-7-9-13-17(21)19-15-11-6-4-2/h3-15H2,1-2H3,(H,18,20)(H,19,21). The minimum Gasteiger partial charge on any atom is -0.356 e. The fraction of sp³-hybridized carbons (Fsp3) is 0.882. The lowest BCUT2D eigenvalue weighted by molar-refractivity contribution is -0.121. The van der Waals surface area contributed by atoms with Crippen LogP contribution in [0, 0.1) is 0 Å². The van der Waals surface area contributed by atoms with Crippen LogP contribution in [0.25, 0.3) is 0 Å². The van der Waals surface area contributed by atoms with Gasteiger partial charge in [-0.2, -0.15) is 0 Å². The van der Waals surface area contributed by atoms with Gasteiger partial charge >= 0.3 is 0 Å². The average Bonchev–Trinajstić information content (AvgIpc) is 2.48. The number of unbranched alkanes of at least 4 members (excludes halogenated alkanes) is 6. The molecule has 0 saturated carbocycles. The molecule has 0 radical (unpaired) electrons. The van der Waals surface area contributed by atoms with Crippen LogP contribution in [-0.2, 0) is 9.59 Å². The summed E-state index contributed by atoms with van der Waals surface area (Å²) in [6, 6.07) is 0. The first-order chi connectivity index (χ1) is 10.2. The van der Waals surface area contributed by atoms with Crippen molar-refractivity contribution in [1.82, 2.24) is 10.6 Å². The van der Waals surface area contributed by atoms with Gasteiger partial charge in [-0.25, -0.2) is 0 Å². The molecule has 0 saturated heterocycles. The number of hydrogen-bond acceptors (Lipinski definition) is 2. The summed E-state index contributed by atoms with van der Waals surface area (Å²) in [7, 11) is 0. The van der Waals surface area contributed by atoms with Crippen molar-refractivity contribution in [2.24, 2.45) is 0 Å². The van der Waals surface area contributed by atoms with Gasteiger partial charge in [-0.3, -0.25) is 9.59 Å². The van der Waals surface area contributed by atoms with Crippen molar-refractivity contribution < 1.29 is 9.59 Å². The van der Waals surface area contributed by atoms with Crippen LogP contribution in [0.5, 0.6) is 0 Å². The fourth-order valence-electron chi connectivity index (χ4n) is 2.13. The highest BCUT2D eigenvalue weighted by Crippen LogP contribution is 2.03. The first-order valence-electron chi connectivity index (χ1n) is 8.74. The van der Waals surface area contributed by atoms with Gasteiger partial charge in [0.15, 0.2) is 0 Å². The second-order valence-corrected chi connectivity index (χ2v) is 5.67. The van der Waals surface area contributed by atoms with Gasteiger partial charge in [-0.15, -0.1) is 0 Å². The number of hydrogen-bond donors (Lipinski definition) is 2. The lowest BCUT2D eigenvalue weighted by atomic mass is 10.1. The van der Waals surface area contributed by atoms with Crippen LogP contribution in [0.3, 0.4) is 0 Å². The minimum atomic E-state index is 0.148. The minimum absolute atomic E-state index is 0.148. The summed E-state index contributed by atoms with van der Waals surface area (Å²) < 4.78 is 0. The van der Waals surface area contributed by atoms with Crippen molar-refractivity contribution >= 4 is 11.8 Å². The lowest BCUT2D eigenvalue weighted by Crippen LogP contribution is -2.24. The molecule has 0 rings (SSSR count). The van der Waals surface area contributed by atoms with E-state index in [9.17, 15) is 9.59 Å². The van der Waals surface area contributed by atoms with Crippen LogP contribution >= 0.6 is 0 Å². The van der Waals surface area contributed by atoms with E-state index in [1.54, 1.807) is 0 Å². The highest BCUT2D eigenvalue weighted by molar-refractivity contribution is 5.76. The average molecular weight is 298 g/mol. The van der Waals surface area contributed by atoms with Crippen molar-refractivity contribution in [3.05, 3.63) is 0 Å². The quantitative estimate of drug-likeness (QED) is 0.482. The maximum atomic E-state index is 11.5. The molecule has 4 heteroatoms. The van der Waals surface area contributed by atoms with E-state index in [0.29, 0.717) is 12.8 Å². The molecule has 0 atom stereocenters. The van der Waals surface area contributed by atoms with Gasteiger partial charge in [0, 0.05) is 25.9 Å². The Labute approximate surface area is 130 Å². The van der Waals surface area contributed by atoms with Gasteiger partial charge in [-0.05, 0) is 25.7 Å². The van der Waals surface area contributed by atoms with Crippen LogP contribution < -0.4 is 10.6 Å². The summed E-state index contributed by atoms with van der Waals surface area (Å²) in [6.45, 7) is 5.91. The predicted molar refractivity (Wildman–Crippen MR) is 88.2 cm³/mol. The van der Waals surface area contributed by atoms with Crippen molar-refractivity contribution in [3.8, 4) is 0 Å². The zero-order valence-corrected chi connectivity index (χ0v) is 14.0. The normalized spacial score (nSPS) is 10.4. The van der Waals surface area contributed by atoms with E-state index < -0.39 is 0 Å². The van der Waals surface area contributed by atoms with Crippen LogP contribution in [-0.4, -0.2) is 24.9 Å². The molecular weight excluding hydrogens is 264 g/mol. The molecule has 0 aromatic rings. The zero-order valence-electron chi connectivity index (χ0n) is 14.0. The van der Waals surface area contributed by atoms with Crippen molar-refractivity contribution in [2.75, 3.05) is 13.1 Å². The largest absolute Gasteiger partial charge is 0.356 e. The van der Waals surface area contributed by atoms with Crippen molar-refractivity contribution in [2.45, 2.75) is 84.5 Å². The van der Waals surface area contributed by atoms with E-state index in [-0.39, 0.29) is 11.8 Å². The van der Waals surface area contributed by atoms with Crippen LogP contribution in [0.2, 0.25) is 0 Å². The summed E-state index contributed by atoms with van der Waals surface area (Å²) in [5, 5.41) is 5.88. The van der Waals surface area contributed by atoms with E-state index in [2.05, 4.69) is 24.5 Å². The summed E-state index contributed by atoms with van der Waals surface area (Å²) in [5.74, 6) is 0.297. The molecule has 0 bridgehead atoms. The molecular formula is C17H34N2O2. The van der Waals surface area contributed by atoms with Crippen molar-refractivity contribution in [1.29, 1.82) is 0 Å². The molecule has 0 aliphatic rings. The van der Waals surface area contributed by atoms with Gasteiger partial charge in [0.05, 0.1) is 0 Å². The molecule has 0 heterocycles. The zero-order chi connectivity index (χ0) is 15.8. The van der Waals surface area contributed by atoms with E-state index in [0.717, 1.165) is 45.2 Å². The molecule has 0 fully saturated rings. The topological polar surface area (TPSA) is 58.2 Å². The Kier molecular flexibility index (Phi) is 14.6. The smallest absolute Gasteiger partial charge is 0.219 e. The third-order valence-corrected chi connectivity index (χ3v) is 3.51. The molecule has 0 unspecified atom stereocenters. The fourth-order valence-corrected chi connectivity index (χ4v) is 2.13. The Balaban J connectivity index is 3.30. The van der Waals surface area contributed by atoms with Gasteiger partial charge in [0.2, 0.25) is 11.8 Å². The van der Waals surface area contributed by atoms with Gasteiger partial charge in [0.25, 0.3) is 0 Å². The summed E-state index contributed by atoms with van der Waals surface area (Å²) in [5.41, 5.74) is 0. The Morgan fingerprint density at radius 3 is 1.43 bits per heavy atom. The molecule has 21 heavy (non-hydrogen) atoms. The highest BCUT2D eigenvalue weighted by atomic mass is 16.2. The summed E-state index contributed by atoms with van der Waals surface area (Å²) >= 11 is 0. The number of rotatable bonds is 14. The van der Waals surface area contributed by atoms with E-state index in [4.69, 9.17) is 0 Å². The third kappa shape index (κ3) is 15.2. The molecule has 0 aromatic carbocycles. The summed E-state index contributed by atoms with van der Waals surface area (Å²) in [6.07, 6.45) is 10.7. The van der Waals surface area contributed by atoms with Crippen LogP contribution in [0.15, 0.2) is 0 Å². The molecule has 2 amide bonds. The van der Waals surface area contributed by atoms with Crippen LogP contribution in [0.1, 0.15) is 84.5 Å². The molecule has 0 spiro atoms. The number of nitrogens with one attached hydrogen (secondary N) is 2. The van der Waals surface area contributed by atoms with E-state index >= 15 is 0 Å². The molecule has 0 aromatic heterocycles. The Bertz CT molecular complexity index is 242. The maximum Gasteiger partial charge on any atom is 0.219 e. The number of amides is 2. The third-order valence-electron chi connectivity index (χ3n) is 3.51. The van der Waals surface area contributed by atoms with E-state index in [1.807, 2.05) is 0 Å².